The summed E-state index contributed by atoms with van der Waals surface area (Å²) >= 11 is 0. The molecule has 0 saturated carbocycles. The second-order valence-electron chi connectivity index (χ2n) is 7.32. The second kappa shape index (κ2) is 7.95. The molecule has 2 amide bonds. The van der Waals surface area contributed by atoms with Crippen LogP contribution in [-0.4, -0.2) is 17.0 Å². The molecule has 2 aromatic carbocycles. The lowest BCUT2D eigenvalue weighted by atomic mass is 9.99. The van der Waals surface area contributed by atoms with Crippen molar-refractivity contribution in [3.8, 4) is 11.5 Å². The van der Waals surface area contributed by atoms with Crippen LogP contribution in [0.25, 0.3) is 11.5 Å². The van der Waals surface area contributed by atoms with Gasteiger partial charge in [0.15, 0.2) is 11.5 Å². The van der Waals surface area contributed by atoms with Crippen LogP contribution in [0.2, 0.25) is 0 Å². The quantitative estimate of drug-likeness (QED) is 0.514. The first-order chi connectivity index (χ1) is 15.2. The van der Waals surface area contributed by atoms with Gasteiger partial charge in [-0.1, -0.05) is 35.5 Å². The summed E-state index contributed by atoms with van der Waals surface area (Å²) in [5.74, 6) is 0.606. The van der Waals surface area contributed by atoms with Crippen molar-refractivity contribution in [2.24, 2.45) is 0 Å². The third kappa shape index (κ3) is 3.85. The average Bonchev–Trinajstić information content (AvgIpc) is 3.48. The third-order valence-electron chi connectivity index (χ3n) is 5.23. The molecular formula is C24H19N3O4. The number of hydrogen-bond acceptors (Lipinski definition) is 5. The number of benzene rings is 2. The topological polar surface area (TPSA) is 88.6 Å². The summed E-state index contributed by atoms with van der Waals surface area (Å²) in [7, 11) is 0. The Kier molecular flexibility index (Phi) is 4.84. The summed E-state index contributed by atoms with van der Waals surface area (Å²) in [6.07, 6.45) is 2.60. The fourth-order valence-electron chi connectivity index (χ4n) is 3.69. The monoisotopic (exact) mass is 413 g/mol. The molecule has 4 aromatic rings. The zero-order chi connectivity index (χ0) is 21.2. The zero-order valence-corrected chi connectivity index (χ0v) is 16.6. The van der Waals surface area contributed by atoms with Gasteiger partial charge in [0.25, 0.3) is 5.91 Å². The molecule has 3 heterocycles. The Labute approximate surface area is 178 Å². The number of carbonyl (C=O) groups excluding carboxylic acids is 2. The van der Waals surface area contributed by atoms with E-state index in [9.17, 15) is 9.59 Å². The summed E-state index contributed by atoms with van der Waals surface area (Å²) in [5, 5.41) is 6.67. The minimum absolute atomic E-state index is 0.0983. The molecule has 154 valence electrons. The van der Waals surface area contributed by atoms with E-state index in [1.54, 1.807) is 23.1 Å². The molecule has 7 nitrogen and oxygen atoms in total. The number of nitrogens with one attached hydrogen (secondary N) is 1. The standard InChI is InChI=1S/C24H19N3O4/c28-23-11-8-17-13-18(9-10-20(17)27(23)15-16-5-2-1-3-6-16)25-24(29)19-14-22(31-26-19)21-7-4-12-30-21/h1-7,9-10,12-14H,8,11,15H2,(H,25,29). The molecule has 31 heavy (non-hydrogen) atoms. The van der Waals surface area contributed by atoms with Crippen molar-refractivity contribution in [1.29, 1.82) is 0 Å². The number of rotatable bonds is 5. The molecule has 7 heteroatoms. The minimum atomic E-state index is -0.380. The summed E-state index contributed by atoms with van der Waals surface area (Å²) < 4.78 is 10.4. The molecule has 0 saturated heterocycles. The van der Waals surface area contributed by atoms with Crippen molar-refractivity contribution in [3.05, 3.63) is 89.8 Å². The van der Waals surface area contributed by atoms with Crippen molar-refractivity contribution in [2.45, 2.75) is 19.4 Å². The highest BCUT2D eigenvalue weighted by molar-refractivity contribution is 6.04. The summed E-state index contributed by atoms with van der Waals surface area (Å²) in [6.45, 7) is 0.521. The molecule has 0 atom stereocenters. The van der Waals surface area contributed by atoms with E-state index >= 15 is 0 Å². The summed E-state index contributed by atoms with van der Waals surface area (Å²) in [4.78, 5) is 26.9. The van der Waals surface area contributed by atoms with Gasteiger partial charge < -0.3 is 19.2 Å². The average molecular weight is 413 g/mol. The van der Waals surface area contributed by atoms with Crippen molar-refractivity contribution in [2.75, 3.05) is 10.2 Å². The second-order valence-corrected chi connectivity index (χ2v) is 7.32. The fourth-order valence-corrected chi connectivity index (χ4v) is 3.69. The van der Waals surface area contributed by atoms with Crippen LogP contribution in [0.15, 0.2) is 81.9 Å². The van der Waals surface area contributed by atoms with E-state index in [1.807, 2.05) is 42.5 Å². The van der Waals surface area contributed by atoms with Crippen LogP contribution in [0, 0.1) is 0 Å². The molecule has 0 unspecified atom stereocenters. The van der Waals surface area contributed by atoms with E-state index in [0.29, 0.717) is 36.6 Å². The van der Waals surface area contributed by atoms with Gasteiger partial charge in [-0.15, -0.1) is 0 Å². The highest BCUT2D eigenvalue weighted by Gasteiger charge is 2.25. The van der Waals surface area contributed by atoms with E-state index in [1.165, 1.54) is 12.3 Å². The number of aryl methyl sites for hydroxylation is 1. The Morgan fingerprint density at radius 2 is 1.87 bits per heavy atom. The van der Waals surface area contributed by atoms with Crippen molar-refractivity contribution >= 4 is 23.2 Å². The normalized spacial score (nSPS) is 13.2. The van der Waals surface area contributed by atoms with E-state index in [0.717, 1.165) is 16.8 Å². The Morgan fingerprint density at radius 3 is 2.68 bits per heavy atom. The molecule has 0 spiro atoms. The molecule has 1 aliphatic rings. The van der Waals surface area contributed by atoms with Crippen molar-refractivity contribution in [1.82, 2.24) is 5.16 Å². The van der Waals surface area contributed by atoms with Gasteiger partial charge in [-0.05, 0) is 47.9 Å². The van der Waals surface area contributed by atoms with Gasteiger partial charge >= 0.3 is 0 Å². The SMILES string of the molecule is O=C(Nc1ccc2c(c1)CCC(=O)N2Cc1ccccc1)c1cc(-c2ccco2)on1. The maximum atomic E-state index is 12.6. The van der Waals surface area contributed by atoms with Crippen LogP contribution in [0.1, 0.15) is 28.0 Å². The van der Waals surface area contributed by atoms with Crippen molar-refractivity contribution in [3.63, 3.8) is 0 Å². The molecule has 0 radical (unpaired) electrons. The Hall–Kier alpha value is -4.13. The maximum absolute atomic E-state index is 12.6. The third-order valence-corrected chi connectivity index (χ3v) is 5.23. The zero-order valence-electron chi connectivity index (χ0n) is 16.6. The predicted molar refractivity (Wildman–Crippen MR) is 115 cm³/mol. The molecule has 0 fully saturated rings. The van der Waals surface area contributed by atoms with Gasteiger partial charge in [0.05, 0.1) is 12.8 Å². The number of aromatic nitrogens is 1. The Balaban J connectivity index is 1.34. The van der Waals surface area contributed by atoms with Gasteiger partial charge in [-0.3, -0.25) is 9.59 Å². The van der Waals surface area contributed by atoms with Gasteiger partial charge in [0.1, 0.15) is 0 Å². The number of carbonyl (C=O) groups is 2. The van der Waals surface area contributed by atoms with Gasteiger partial charge in [0, 0.05) is 23.9 Å². The van der Waals surface area contributed by atoms with Crippen LogP contribution < -0.4 is 10.2 Å². The van der Waals surface area contributed by atoms with Gasteiger partial charge in [-0.2, -0.15) is 0 Å². The highest BCUT2D eigenvalue weighted by Crippen LogP contribution is 2.32. The summed E-state index contributed by atoms with van der Waals surface area (Å²) in [5.41, 5.74) is 3.76. The summed E-state index contributed by atoms with van der Waals surface area (Å²) in [6, 6.07) is 20.5. The number of anilines is 2. The molecular weight excluding hydrogens is 394 g/mol. The van der Waals surface area contributed by atoms with Crippen LogP contribution in [0.3, 0.4) is 0 Å². The van der Waals surface area contributed by atoms with Crippen molar-refractivity contribution < 1.29 is 18.5 Å². The molecule has 2 aromatic heterocycles. The van der Waals surface area contributed by atoms with Gasteiger partial charge in [-0.25, -0.2) is 0 Å². The number of amides is 2. The van der Waals surface area contributed by atoms with Crippen LogP contribution >= 0.6 is 0 Å². The van der Waals surface area contributed by atoms with Crippen LogP contribution in [-0.2, 0) is 17.8 Å². The largest absolute Gasteiger partial charge is 0.461 e. The Morgan fingerprint density at radius 1 is 1.00 bits per heavy atom. The minimum Gasteiger partial charge on any atom is -0.461 e. The molecule has 0 aliphatic carbocycles. The highest BCUT2D eigenvalue weighted by atomic mass is 16.5. The van der Waals surface area contributed by atoms with Gasteiger partial charge in [0.2, 0.25) is 11.7 Å². The number of hydrogen-bond donors (Lipinski definition) is 1. The molecule has 5 rings (SSSR count). The Bertz CT molecular complexity index is 1230. The first-order valence-corrected chi connectivity index (χ1v) is 9.96. The van der Waals surface area contributed by atoms with Crippen LogP contribution in [0.4, 0.5) is 11.4 Å². The number of furan rings is 1. The number of nitrogens with zero attached hydrogens (tertiary/aromatic N) is 2. The predicted octanol–water partition coefficient (Wildman–Crippen LogP) is 4.67. The molecule has 1 N–H and O–H groups in total. The lowest BCUT2D eigenvalue weighted by Gasteiger charge is -2.30. The first-order valence-electron chi connectivity index (χ1n) is 9.96. The van der Waals surface area contributed by atoms with Crippen LogP contribution in [0.5, 0.6) is 0 Å². The molecule has 1 aliphatic heterocycles. The maximum Gasteiger partial charge on any atom is 0.277 e. The van der Waals surface area contributed by atoms with E-state index < -0.39 is 0 Å². The van der Waals surface area contributed by atoms with E-state index in [-0.39, 0.29) is 17.5 Å². The van der Waals surface area contributed by atoms with E-state index in [4.69, 9.17) is 8.94 Å². The fraction of sp³-hybridized carbons (Fsp3) is 0.125. The smallest absolute Gasteiger partial charge is 0.277 e. The lowest BCUT2D eigenvalue weighted by Crippen LogP contribution is -2.34. The number of fused-ring (bicyclic) bond motifs is 1. The first kappa shape index (κ1) is 18.9. The molecule has 0 bridgehead atoms. The van der Waals surface area contributed by atoms with E-state index in [2.05, 4.69) is 10.5 Å². The lowest BCUT2D eigenvalue weighted by molar-refractivity contribution is -0.119.